The minimum Gasteiger partial charge on any atom is -0.494 e. The zero-order valence-corrected chi connectivity index (χ0v) is 14.0. The Morgan fingerprint density at radius 3 is 2.70 bits per heavy atom. The summed E-state index contributed by atoms with van der Waals surface area (Å²) in [5.41, 5.74) is 1.22. The monoisotopic (exact) mass is 329 g/mol. The lowest BCUT2D eigenvalue weighted by molar-refractivity contribution is 0.260. The average Bonchev–Trinajstić information content (AvgIpc) is 3.20. The highest BCUT2D eigenvalue weighted by atomic mass is 32.1. The molecule has 0 aliphatic rings. The molecule has 1 aromatic carbocycles. The Kier molecular flexibility index (Phi) is 5.05. The second-order valence-electron chi connectivity index (χ2n) is 5.24. The average molecular weight is 329 g/mol. The van der Waals surface area contributed by atoms with Gasteiger partial charge in [-0.25, -0.2) is 0 Å². The summed E-state index contributed by atoms with van der Waals surface area (Å²) >= 11 is 1.61. The lowest BCUT2D eigenvalue weighted by Crippen LogP contribution is -2.17. The van der Waals surface area contributed by atoms with E-state index in [0.717, 1.165) is 17.2 Å². The molecule has 0 amide bonds. The highest BCUT2D eigenvalue weighted by molar-refractivity contribution is 7.13. The molecule has 0 saturated heterocycles. The number of aromatic nitrogens is 2. The SMILES string of the molecule is CCOc1ccc(CN(C)Cc2nc(-c3cccs3)no2)cc1. The van der Waals surface area contributed by atoms with E-state index < -0.39 is 0 Å². The van der Waals surface area contributed by atoms with E-state index in [2.05, 4.69) is 27.2 Å². The Bertz CT molecular complexity index is 723. The van der Waals surface area contributed by atoms with Crippen LogP contribution in [0.4, 0.5) is 0 Å². The van der Waals surface area contributed by atoms with E-state index in [9.17, 15) is 0 Å². The highest BCUT2D eigenvalue weighted by Gasteiger charge is 2.11. The second kappa shape index (κ2) is 7.39. The number of hydrogen-bond acceptors (Lipinski definition) is 6. The smallest absolute Gasteiger partial charge is 0.241 e. The third-order valence-electron chi connectivity index (χ3n) is 3.30. The molecular formula is C17H19N3O2S. The molecule has 0 spiro atoms. The third-order valence-corrected chi connectivity index (χ3v) is 4.17. The van der Waals surface area contributed by atoms with Crippen molar-refractivity contribution in [1.82, 2.24) is 15.0 Å². The summed E-state index contributed by atoms with van der Waals surface area (Å²) in [5.74, 6) is 2.18. The van der Waals surface area contributed by atoms with Gasteiger partial charge in [0.25, 0.3) is 0 Å². The molecule has 2 heterocycles. The van der Waals surface area contributed by atoms with Crippen LogP contribution in [-0.2, 0) is 13.1 Å². The molecule has 6 heteroatoms. The molecule has 0 atom stereocenters. The fraction of sp³-hybridized carbons (Fsp3) is 0.294. The van der Waals surface area contributed by atoms with E-state index in [1.165, 1.54) is 5.56 Å². The summed E-state index contributed by atoms with van der Waals surface area (Å²) < 4.78 is 10.8. The van der Waals surface area contributed by atoms with Crippen molar-refractivity contribution in [2.24, 2.45) is 0 Å². The predicted octanol–water partition coefficient (Wildman–Crippen LogP) is 3.83. The fourth-order valence-electron chi connectivity index (χ4n) is 2.28. The van der Waals surface area contributed by atoms with Gasteiger partial charge in [-0.2, -0.15) is 4.98 Å². The van der Waals surface area contributed by atoms with Crippen LogP contribution in [0.25, 0.3) is 10.7 Å². The molecule has 0 aliphatic heterocycles. The summed E-state index contributed by atoms with van der Waals surface area (Å²) in [5, 5.41) is 6.04. The van der Waals surface area contributed by atoms with Crippen LogP contribution in [0.2, 0.25) is 0 Å². The Morgan fingerprint density at radius 1 is 1.17 bits per heavy atom. The van der Waals surface area contributed by atoms with Crippen molar-refractivity contribution < 1.29 is 9.26 Å². The van der Waals surface area contributed by atoms with Gasteiger partial charge in [-0.15, -0.1) is 11.3 Å². The molecule has 2 aromatic heterocycles. The van der Waals surface area contributed by atoms with Crippen LogP contribution in [0.15, 0.2) is 46.3 Å². The van der Waals surface area contributed by atoms with Gasteiger partial charge < -0.3 is 9.26 Å². The van der Waals surface area contributed by atoms with Crippen LogP contribution in [-0.4, -0.2) is 28.7 Å². The number of ether oxygens (including phenoxy) is 1. The maximum absolute atomic E-state index is 5.45. The topological polar surface area (TPSA) is 51.4 Å². The standard InChI is InChI=1S/C17H19N3O2S/c1-3-21-14-8-6-13(7-9-14)11-20(2)12-16-18-17(19-22-16)15-5-4-10-23-15/h4-10H,3,11-12H2,1-2H3. The van der Waals surface area contributed by atoms with E-state index in [1.54, 1.807) is 11.3 Å². The third kappa shape index (κ3) is 4.18. The first kappa shape index (κ1) is 15.7. The molecule has 3 rings (SSSR count). The van der Waals surface area contributed by atoms with Crippen molar-refractivity contribution in [3.05, 3.63) is 53.2 Å². The summed E-state index contributed by atoms with van der Waals surface area (Å²) in [6.45, 7) is 4.09. The number of benzene rings is 1. The van der Waals surface area contributed by atoms with E-state index in [-0.39, 0.29) is 0 Å². The molecule has 5 nitrogen and oxygen atoms in total. The van der Waals surface area contributed by atoms with Crippen LogP contribution in [0, 0.1) is 0 Å². The number of thiophene rings is 1. The molecule has 3 aromatic rings. The molecule has 120 valence electrons. The molecule has 0 bridgehead atoms. The summed E-state index contributed by atoms with van der Waals surface area (Å²) in [6.07, 6.45) is 0. The van der Waals surface area contributed by atoms with E-state index in [0.29, 0.717) is 24.9 Å². The molecule has 23 heavy (non-hydrogen) atoms. The molecular weight excluding hydrogens is 310 g/mol. The van der Waals surface area contributed by atoms with Gasteiger partial charge in [-0.05, 0) is 43.1 Å². The van der Waals surface area contributed by atoms with Crippen molar-refractivity contribution in [1.29, 1.82) is 0 Å². The second-order valence-corrected chi connectivity index (χ2v) is 6.19. The first-order valence-electron chi connectivity index (χ1n) is 7.51. The first-order valence-corrected chi connectivity index (χ1v) is 8.39. The van der Waals surface area contributed by atoms with Crippen molar-refractivity contribution >= 4 is 11.3 Å². The van der Waals surface area contributed by atoms with Gasteiger partial charge >= 0.3 is 0 Å². The van der Waals surface area contributed by atoms with Gasteiger partial charge in [0.1, 0.15) is 5.75 Å². The molecule has 0 aliphatic carbocycles. The minimum absolute atomic E-state index is 0.617. The van der Waals surface area contributed by atoms with E-state index >= 15 is 0 Å². The van der Waals surface area contributed by atoms with E-state index in [4.69, 9.17) is 9.26 Å². The Labute approximate surface area is 139 Å². The maximum Gasteiger partial charge on any atom is 0.241 e. The number of nitrogens with zero attached hydrogens (tertiary/aromatic N) is 3. The van der Waals surface area contributed by atoms with Gasteiger partial charge in [0.2, 0.25) is 11.7 Å². The quantitative estimate of drug-likeness (QED) is 0.659. The van der Waals surface area contributed by atoms with Gasteiger partial charge in [0, 0.05) is 6.54 Å². The van der Waals surface area contributed by atoms with Gasteiger partial charge in [0.05, 0.1) is 18.0 Å². The Hall–Kier alpha value is -2.18. The lowest BCUT2D eigenvalue weighted by atomic mass is 10.2. The van der Waals surface area contributed by atoms with Crippen molar-refractivity contribution in [2.45, 2.75) is 20.0 Å². The fourth-order valence-corrected chi connectivity index (χ4v) is 2.93. The molecule has 0 N–H and O–H groups in total. The van der Waals surface area contributed by atoms with Crippen LogP contribution in [0.5, 0.6) is 5.75 Å². The highest BCUT2D eigenvalue weighted by Crippen LogP contribution is 2.21. The van der Waals surface area contributed by atoms with Gasteiger partial charge in [-0.1, -0.05) is 23.4 Å². The van der Waals surface area contributed by atoms with Crippen LogP contribution < -0.4 is 4.74 Å². The van der Waals surface area contributed by atoms with Crippen molar-refractivity contribution in [3.63, 3.8) is 0 Å². The van der Waals surface area contributed by atoms with Crippen LogP contribution in [0.1, 0.15) is 18.4 Å². The lowest BCUT2D eigenvalue weighted by Gasteiger charge is -2.14. The van der Waals surface area contributed by atoms with Crippen LogP contribution >= 0.6 is 11.3 Å². The maximum atomic E-state index is 5.45. The summed E-state index contributed by atoms with van der Waals surface area (Å²) in [7, 11) is 2.03. The molecule has 0 unspecified atom stereocenters. The molecule has 0 radical (unpaired) electrons. The Balaban J connectivity index is 1.57. The number of hydrogen-bond donors (Lipinski definition) is 0. The first-order chi connectivity index (χ1) is 11.2. The molecule has 0 saturated carbocycles. The predicted molar refractivity (Wildman–Crippen MR) is 90.4 cm³/mol. The van der Waals surface area contributed by atoms with Crippen LogP contribution in [0.3, 0.4) is 0 Å². The zero-order valence-electron chi connectivity index (χ0n) is 13.2. The van der Waals surface area contributed by atoms with E-state index in [1.807, 2.05) is 43.6 Å². The largest absolute Gasteiger partial charge is 0.494 e. The minimum atomic E-state index is 0.617. The zero-order chi connectivity index (χ0) is 16.1. The van der Waals surface area contributed by atoms with Crippen molar-refractivity contribution in [2.75, 3.05) is 13.7 Å². The number of rotatable bonds is 7. The van der Waals surface area contributed by atoms with Gasteiger partial charge in [-0.3, -0.25) is 4.90 Å². The Morgan fingerprint density at radius 2 is 2.00 bits per heavy atom. The van der Waals surface area contributed by atoms with Crippen molar-refractivity contribution in [3.8, 4) is 16.5 Å². The summed E-state index contributed by atoms with van der Waals surface area (Å²) in [6, 6.07) is 12.1. The van der Waals surface area contributed by atoms with Gasteiger partial charge in [0.15, 0.2) is 0 Å². The normalized spacial score (nSPS) is 11.1. The summed E-state index contributed by atoms with van der Waals surface area (Å²) in [4.78, 5) is 7.61. The molecule has 0 fully saturated rings.